The summed E-state index contributed by atoms with van der Waals surface area (Å²) in [6, 6.07) is 7.87. The molecule has 18 heavy (non-hydrogen) atoms. The number of aliphatic hydroxyl groups is 1. The molecule has 0 heterocycles. The summed E-state index contributed by atoms with van der Waals surface area (Å²) in [4.78, 5) is 0. The molecule has 0 aliphatic rings. The zero-order chi connectivity index (χ0) is 13.4. The van der Waals surface area contributed by atoms with E-state index in [9.17, 15) is 5.11 Å². The van der Waals surface area contributed by atoms with Crippen LogP contribution in [0.1, 0.15) is 44.6 Å². The minimum Gasteiger partial charge on any atom is -0.494 e. The van der Waals surface area contributed by atoms with Gasteiger partial charge in [-0.15, -0.1) is 0 Å². The van der Waals surface area contributed by atoms with Crippen molar-refractivity contribution in [1.29, 1.82) is 0 Å². The predicted molar refractivity (Wildman–Crippen MR) is 74.9 cm³/mol. The Morgan fingerprint density at radius 3 is 2.39 bits per heavy atom. The third-order valence-electron chi connectivity index (χ3n) is 3.19. The minimum absolute atomic E-state index is 0.0206. The molecular weight excluding hydrogens is 226 g/mol. The van der Waals surface area contributed by atoms with Crippen LogP contribution in [0.25, 0.3) is 0 Å². The number of nitrogens with two attached hydrogens (primary N) is 1. The lowest BCUT2D eigenvalue weighted by Gasteiger charge is -2.22. The highest BCUT2D eigenvalue weighted by atomic mass is 16.5. The summed E-state index contributed by atoms with van der Waals surface area (Å²) in [5.74, 6) is 0.882. The van der Waals surface area contributed by atoms with Gasteiger partial charge in [-0.25, -0.2) is 0 Å². The number of aliphatic hydroxyl groups excluding tert-OH is 1. The summed E-state index contributed by atoms with van der Waals surface area (Å²) in [5.41, 5.74) is 6.87. The molecule has 3 nitrogen and oxygen atoms in total. The molecule has 0 radical (unpaired) electrons. The third-order valence-corrected chi connectivity index (χ3v) is 3.19. The number of ether oxygens (including phenoxy) is 1. The van der Waals surface area contributed by atoms with Gasteiger partial charge in [-0.1, -0.05) is 31.9 Å². The van der Waals surface area contributed by atoms with Gasteiger partial charge in [0.2, 0.25) is 0 Å². The number of hydrogen-bond donors (Lipinski definition) is 2. The highest BCUT2D eigenvalue weighted by molar-refractivity contribution is 5.30. The summed E-state index contributed by atoms with van der Waals surface area (Å²) in [6.45, 7) is 5.23. The largest absolute Gasteiger partial charge is 0.494 e. The van der Waals surface area contributed by atoms with E-state index < -0.39 is 0 Å². The van der Waals surface area contributed by atoms with Gasteiger partial charge in [-0.05, 0) is 31.0 Å². The number of hydrogen-bond acceptors (Lipinski definition) is 3. The monoisotopic (exact) mass is 251 g/mol. The van der Waals surface area contributed by atoms with E-state index in [0.717, 1.165) is 30.6 Å². The van der Waals surface area contributed by atoms with E-state index in [4.69, 9.17) is 10.5 Å². The normalized spacial score (nSPS) is 14.2. The molecule has 0 fully saturated rings. The van der Waals surface area contributed by atoms with Crippen LogP contribution in [0.2, 0.25) is 0 Å². The summed E-state index contributed by atoms with van der Waals surface area (Å²) >= 11 is 0. The van der Waals surface area contributed by atoms with E-state index >= 15 is 0 Å². The first-order valence-corrected chi connectivity index (χ1v) is 6.83. The van der Waals surface area contributed by atoms with Crippen molar-refractivity contribution in [2.75, 3.05) is 13.2 Å². The molecule has 3 heteroatoms. The second-order valence-electron chi connectivity index (χ2n) is 4.55. The molecule has 0 aromatic heterocycles. The average molecular weight is 251 g/mol. The van der Waals surface area contributed by atoms with Crippen LogP contribution in [0.15, 0.2) is 24.3 Å². The van der Waals surface area contributed by atoms with Crippen LogP contribution in [0.4, 0.5) is 0 Å². The Morgan fingerprint density at radius 2 is 1.89 bits per heavy atom. The van der Waals surface area contributed by atoms with Gasteiger partial charge in [-0.3, -0.25) is 0 Å². The maximum absolute atomic E-state index is 10.2. The van der Waals surface area contributed by atoms with Crippen LogP contribution < -0.4 is 10.5 Å². The molecule has 1 aromatic carbocycles. The second-order valence-corrected chi connectivity index (χ2v) is 4.55. The van der Waals surface area contributed by atoms with Crippen molar-refractivity contribution < 1.29 is 9.84 Å². The maximum Gasteiger partial charge on any atom is 0.119 e. The van der Waals surface area contributed by atoms with Crippen molar-refractivity contribution in [2.24, 2.45) is 5.73 Å². The fraction of sp³-hybridized carbons (Fsp3) is 0.600. The van der Waals surface area contributed by atoms with Gasteiger partial charge in [-0.2, -0.15) is 0 Å². The summed E-state index contributed by atoms with van der Waals surface area (Å²) in [5, 5.41) is 10.2. The molecule has 102 valence electrons. The molecular formula is C15H25NO2. The number of rotatable bonds is 8. The van der Waals surface area contributed by atoms with Gasteiger partial charge in [0.05, 0.1) is 12.7 Å². The van der Waals surface area contributed by atoms with E-state index in [2.05, 4.69) is 6.92 Å². The van der Waals surface area contributed by atoms with Gasteiger partial charge in [0, 0.05) is 12.5 Å². The van der Waals surface area contributed by atoms with Crippen molar-refractivity contribution in [1.82, 2.24) is 0 Å². The Morgan fingerprint density at radius 1 is 1.22 bits per heavy atom. The number of unbranched alkanes of at least 4 members (excludes halogenated alkanes) is 1. The highest BCUT2D eigenvalue weighted by Crippen LogP contribution is 2.24. The van der Waals surface area contributed by atoms with E-state index in [1.165, 1.54) is 0 Å². The first kappa shape index (κ1) is 15.0. The smallest absolute Gasteiger partial charge is 0.119 e. The molecule has 0 aliphatic heterocycles. The maximum atomic E-state index is 10.2. The van der Waals surface area contributed by atoms with Crippen molar-refractivity contribution in [3.05, 3.63) is 29.8 Å². The molecule has 0 spiro atoms. The van der Waals surface area contributed by atoms with Crippen LogP contribution in [0, 0.1) is 0 Å². The van der Waals surface area contributed by atoms with E-state index in [-0.39, 0.29) is 12.0 Å². The first-order valence-electron chi connectivity index (χ1n) is 6.83. The predicted octanol–water partition coefficient (Wildman–Crippen LogP) is 2.68. The molecule has 2 atom stereocenters. The van der Waals surface area contributed by atoms with Crippen LogP contribution in [0.3, 0.4) is 0 Å². The van der Waals surface area contributed by atoms with Crippen LogP contribution >= 0.6 is 0 Å². The Bertz CT molecular complexity index is 324. The molecule has 0 amide bonds. The first-order chi connectivity index (χ1) is 8.72. The van der Waals surface area contributed by atoms with Crippen LogP contribution in [-0.2, 0) is 0 Å². The van der Waals surface area contributed by atoms with E-state index in [1.54, 1.807) is 0 Å². The van der Waals surface area contributed by atoms with Crippen LogP contribution in [-0.4, -0.2) is 24.4 Å². The Hall–Kier alpha value is -1.06. The van der Waals surface area contributed by atoms with Gasteiger partial charge in [0.1, 0.15) is 5.75 Å². The zero-order valence-electron chi connectivity index (χ0n) is 11.4. The zero-order valence-corrected chi connectivity index (χ0v) is 11.4. The molecule has 3 N–H and O–H groups in total. The lowest BCUT2D eigenvalue weighted by Crippen LogP contribution is -2.25. The lowest BCUT2D eigenvalue weighted by atomic mass is 9.90. The Labute approximate surface area is 110 Å². The molecule has 0 saturated carbocycles. The SMILES string of the molecule is CCCCC(O)C(CN)c1ccc(OCC)cc1. The molecule has 1 aromatic rings. The van der Waals surface area contributed by atoms with Gasteiger partial charge >= 0.3 is 0 Å². The fourth-order valence-electron chi connectivity index (χ4n) is 2.11. The van der Waals surface area contributed by atoms with E-state index in [0.29, 0.717) is 13.2 Å². The molecule has 0 aliphatic carbocycles. The van der Waals surface area contributed by atoms with Crippen molar-refractivity contribution in [3.63, 3.8) is 0 Å². The third kappa shape index (κ3) is 4.31. The lowest BCUT2D eigenvalue weighted by molar-refractivity contribution is 0.133. The van der Waals surface area contributed by atoms with Gasteiger partial charge in [0.15, 0.2) is 0 Å². The quantitative estimate of drug-likeness (QED) is 0.747. The van der Waals surface area contributed by atoms with Gasteiger partial charge < -0.3 is 15.6 Å². The van der Waals surface area contributed by atoms with Gasteiger partial charge in [0.25, 0.3) is 0 Å². The number of benzene rings is 1. The minimum atomic E-state index is -0.354. The summed E-state index contributed by atoms with van der Waals surface area (Å²) in [7, 11) is 0. The fourth-order valence-corrected chi connectivity index (χ4v) is 2.11. The highest BCUT2D eigenvalue weighted by Gasteiger charge is 2.19. The summed E-state index contributed by atoms with van der Waals surface area (Å²) in [6.07, 6.45) is 2.59. The molecule has 2 unspecified atom stereocenters. The van der Waals surface area contributed by atoms with Crippen molar-refractivity contribution in [3.8, 4) is 5.75 Å². The van der Waals surface area contributed by atoms with Crippen LogP contribution in [0.5, 0.6) is 5.75 Å². The Balaban J connectivity index is 2.69. The average Bonchev–Trinajstić information content (AvgIpc) is 2.39. The molecule has 0 bridgehead atoms. The second kappa shape index (κ2) is 8.11. The topological polar surface area (TPSA) is 55.5 Å². The summed E-state index contributed by atoms with van der Waals surface area (Å²) < 4.78 is 5.41. The standard InChI is InChI=1S/C15H25NO2/c1-3-5-6-15(17)14(11-16)12-7-9-13(10-8-12)18-4-2/h7-10,14-15,17H,3-6,11,16H2,1-2H3. The van der Waals surface area contributed by atoms with E-state index in [1.807, 2.05) is 31.2 Å². The van der Waals surface area contributed by atoms with Crippen molar-refractivity contribution in [2.45, 2.75) is 45.1 Å². The van der Waals surface area contributed by atoms with Crippen molar-refractivity contribution >= 4 is 0 Å². The molecule has 1 rings (SSSR count). The molecule has 0 saturated heterocycles. The Kier molecular flexibility index (Phi) is 6.76.